The second kappa shape index (κ2) is 6.82. The molecule has 1 aromatic heterocycles. The number of piperazine rings is 1. The fourth-order valence-electron chi connectivity index (χ4n) is 2.77. The predicted molar refractivity (Wildman–Crippen MR) is 82.6 cm³/mol. The van der Waals surface area contributed by atoms with Gasteiger partial charge in [-0.3, -0.25) is 4.90 Å². The molecule has 0 radical (unpaired) electrons. The predicted octanol–water partition coefficient (Wildman–Crippen LogP) is 2.91. The zero-order valence-corrected chi connectivity index (χ0v) is 13.5. The van der Waals surface area contributed by atoms with Crippen LogP contribution in [0.2, 0.25) is 0 Å². The summed E-state index contributed by atoms with van der Waals surface area (Å²) >= 11 is 1.88. The number of aromatic nitrogens is 1. The van der Waals surface area contributed by atoms with Crippen molar-refractivity contribution >= 4 is 11.3 Å². The monoisotopic (exact) mass is 281 g/mol. The van der Waals surface area contributed by atoms with Crippen LogP contribution >= 0.6 is 11.3 Å². The van der Waals surface area contributed by atoms with Crippen LogP contribution in [-0.2, 0) is 13.0 Å². The number of nitrogens with zero attached hydrogens (tertiary/aromatic N) is 2. The van der Waals surface area contributed by atoms with Gasteiger partial charge in [0.2, 0.25) is 0 Å². The quantitative estimate of drug-likeness (QED) is 0.899. The highest BCUT2D eigenvalue weighted by molar-refractivity contribution is 7.11. The zero-order valence-electron chi connectivity index (χ0n) is 12.6. The average molecular weight is 281 g/mol. The van der Waals surface area contributed by atoms with Crippen LogP contribution in [0.25, 0.3) is 0 Å². The van der Waals surface area contributed by atoms with E-state index in [0.29, 0.717) is 18.0 Å². The number of hydrogen-bond acceptors (Lipinski definition) is 4. The van der Waals surface area contributed by atoms with Crippen molar-refractivity contribution in [1.29, 1.82) is 0 Å². The number of hydrogen-bond donors (Lipinski definition) is 1. The molecule has 0 aromatic carbocycles. The summed E-state index contributed by atoms with van der Waals surface area (Å²) in [5, 5.41) is 4.95. The molecule has 0 saturated carbocycles. The summed E-state index contributed by atoms with van der Waals surface area (Å²) in [7, 11) is 0. The Morgan fingerprint density at radius 1 is 1.47 bits per heavy atom. The van der Waals surface area contributed by atoms with Gasteiger partial charge in [-0.15, -0.1) is 11.3 Å². The van der Waals surface area contributed by atoms with Crippen LogP contribution in [0.3, 0.4) is 0 Å². The zero-order chi connectivity index (χ0) is 13.8. The Balaban J connectivity index is 2.04. The van der Waals surface area contributed by atoms with Crippen molar-refractivity contribution in [2.24, 2.45) is 5.92 Å². The van der Waals surface area contributed by atoms with Gasteiger partial charge in [-0.1, -0.05) is 27.7 Å². The number of rotatable bonds is 5. The second-order valence-electron chi connectivity index (χ2n) is 5.83. The molecule has 2 unspecified atom stereocenters. The van der Waals surface area contributed by atoms with E-state index in [1.165, 1.54) is 16.3 Å². The SMILES string of the molecule is CCc1cnc(CN2CC(CC)NCC2C(C)C)s1. The molecule has 0 amide bonds. The Hall–Kier alpha value is -0.450. The lowest BCUT2D eigenvalue weighted by Gasteiger charge is -2.41. The molecule has 1 aliphatic heterocycles. The second-order valence-corrected chi connectivity index (χ2v) is 7.03. The van der Waals surface area contributed by atoms with Gasteiger partial charge in [0, 0.05) is 36.2 Å². The van der Waals surface area contributed by atoms with Gasteiger partial charge < -0.3 is 5.32 Å². The topological polar surface area (TPSA) is 28.2 Å². The van der Waals surface area contributed by atoms with E-state index in [9.17, 15) is 0 Å². The molecule has 2 heterocycles. The third-order valence-corrected chi connectivity index (χ3v) is 5.22. The van der Waals surface area contributed by atoms with E-state index in [-0.39, 0.29) is 0 Å². The fraction of sp³-hybridized carbons (Fsp3) is 0.800. The van der Waals surface area contributed by atoms with E-state index < -0.39 is 0 Å². The lowest BCUT2D eigenvalue weighted by atomic mass is 9.98. The fourth-order valence-corrected chi connectivity index (χ4v) is 3.66. The molecule has 1 aliphatic rings. The van der Waals surface area contributed by atoms with Crippen LogP contribution in [-0.4, -0.2) is 35.1 Å². The number of aryl methyl sites for hydroxylation is 1. The van der Waals surface area contributed by atoms with Crippen molar-refractivity contribution in [3.8, 4) is 0 Å². The molecule has 0 spiro atoms. The molecule has 3 nitrogen and oxygen atoms in total. The van der Waals surface area contributed by atoms with Gasteiger partial charge in [0.15, 0.2) is 0 Å². The molecule has 0 bridgehead atoms. The van der Waals surface area contributed by atoms with Crippen molar-refractivity contribution in [3.63, 3.8) is 0 Å². The molecule has 2 atom stereocenters. The lowest BCUT2D eigenvalue weighted by Crippen LogP contribution is -2.57. The highest BCUT2D eigenvalue weighted by Crippen LogP contribution is 2.21. The molecule has 1 aromatic rings. The molecule has 1 fully saturated rings. The highest BCUT2D eigenvalue weighted by atomic mass is 32.1. The van der Waals surface area contributed by atoms with Gasteiger partial charge >= 0.3 is 0 Å². The Kier molecular flexibility index (Phi) is 5.37. The largest absolute Gasteiger partial charge is 0.311 e. The van der Waals surface area contributed by atoms with Gasteiger partial charge in [-0.05, 0) is 18.8 Å². The summed E-state index contributed by atoms with van der Waals surface area (Å²) in [4.78, 5) is 8.62. The van der Waals surface area contributed by atoms with Crippen molar-refractivity contribution in [3.05, 3.63) is 16.1 Å². The molecule has 1 saturated heterocycles. The first-order valence-corrected chi connectivity index (χ1v) is 8.36. The summed E-state index contributed by atoms with van der Waals surface area (Å²) in [6, 6.07) is 1.28. The Bertz CT molecular complexity index is 388. The van der Waals surface area contributed by atoms with E-state index >= 15 is 0 Å². The Morgan fingerprint density at radius 2 is 2.26 bits per heavy atom. The van der Waals surface area contributed by atoms with Crippen molar-refractivity contribution in [2.75, 3.05) is 13.1 Å². The minimum atomic E-state index is 0.636. The number of thiazole rings is 1. The first kappa shape index (κ1) is 14.9. The maximum atomic E-state index is 4.58. The maximum Gasteiger partial charge on any atom is 0.107 e. The molecular weight excluding hydrogens is 254 g/mol. The van der Waals surface area contributed by atoms with Crippen LogP contribution in [0.4, 0.5) is 0 Å². The molecule has 2 rings (SSSR count). The smallest absolute Gasteiger partial charge is 0.107 e. The van der Waals surface area contributed by atoms with Crippen LogP contribution in [0.5, 0.6) is 0 Å². The Morgan fingerprint density at radius 3 is 2.84 bits per heavy atom. The first-order chi connectivity index (χ1) is 9.13. The minimum absolute atomic E-state index is 0.636. The van der Waals surface area contributed by atoms with E-state index in [1.54, 1.807) is 0 Å². The van der Waals surface area contributed by atoms with E-state index in [2.05, 4.69) is 42.9 Å². The van der Waals surface area contributed by atoms with Crippen LogP contribution in [0, 0.1) is 5.92 Å². The van der Waals surface area contributed by atoms with Gasteiger partial charge in [-0.25, -0.2) is 4.98 Å². The van der Waals surface area contributed by atoms with E-state index in [4.69, 9.17) is 0 Å². The Labute approximate surface area is 121 Å². The van der Waals surface area contributed by atoms with E-state index in [0.717, 1.165) is 26.1 Å². The normalized spacial score (nSPS) is 25.1. The molecule has 4 heteroatoms. The van der Waals surface area contributed by atoms with Crippen molar-refractivity contribution in [1.82, 2.24) is 15.2 Å². The van der Waals surface area contributed by atoms with Gasteiger partial charge in [0.05, 0.1) is 6.54 Å². The third kappa shape index (κ3) is 3.77. The maximum absolute atomic E-state index is 4.58. The molecule has 0 aliphatic carbocycles. The minimum Gasteiger partial charge on any atom is -0.311 e. The summed E-state index contributed by atoms with van der Waals surface area (Å²) in [6.07, 6.45) is 4.35. The summed E-state index contributed by atoms with van der Waals surface area (Å²) in [5.74, 6) is 0.691. The summed E-state index contributed by atoms with van der Waals surface area (Å²) in [5.41, 5.74) is 0. The lowest BCUT2D eigenvalue weighted by molar-refractivity contribution is 0.0899. The van der Waals surface area contributed by atoms with Crippen LogP contribution < -0.4 is 5.32 Å². The summed E-state index contributed by atoms with van der Waals surface area (Å²) < 4.78 is 0. The average Bonchev–Trinajstić information content (AvgIpc) is 2.86. The molecule has 108 valence electrons. The van der Waals surface area contributed by atoms with Crippen molar-refractivity contribution < 1.29 is 0 Å². The van der Waals surface area contributed by atoms with Crippen molar-refractivity contribution in [2.45, 2.75) is 59.2 Å². The molecule has 19 heavy (non-hydrogen) atoms. The van der Waals surface area contributed by atoms with Gasteiger partial charge in [0.25, 0.3) is 0 Å². The molecular formula is C15H27N3S. The van der Waals surface area contributed by atoms with Gasteiger partial charge in [0.1, 0.15) is 5.01 Å². The highest BCUT2D eigenvalue weighted by Gasteiger charge is 2.29. The standard InChI is InChI=1S/C15H27N3S/c1-5-12-9-18(14(8-16-12)11(3)4)10-15-17-7-13(6-2)19-15/h7,11-12,14,16H,5-6,8-10H2,1-4H3. The van der Waals surface area contributed by atoms with E-state index in [1.807, 2.05) is 17.5 Å². The van der Waals surface area contributed by atoms with Gasteiger partial charge in [-0.2, -0.15) is 0 Å². The van der Waals surface area contributed by atoms with Crippen LogP contribution in [0.1, 0.15) is 44.0 Å². The molecule has 1 N–H and O–H groups in total. The van der Waals surface area contributed by atoms with Crippen LogP contribution in [0.15, 0.2) is 6.20 Å². The number of nitrogens with one attached hydrogen (secondary N) is 1. The third-order valence-electron chi connectivity index (χ3n) is 4.09. The summed E-state index contributed by atoms with van der Waals surface area (Å²) in [6.45, 7) is 12.4. The first-order valence-electron chi connectivity index (χ1n) is 7.55.